The first-order valence-corrected chi connectivity index (χ1v) is 6.40. The molecule has 0 aromatic heterocycles. The highest BCUT2D eigenvalue weighted by Crippen LogP contribution is 2.26. The Hall–Kier alpha value is -2.09. The summed E-state index contributed by atoms with van der Waals surface area (Å²) in [6.45, 7) is 3.68. The molecule has 1 radical (unpaired) electrons. The topological polar surface area (TPSA) is 26.3 Å². The van der Waals surface area contributed by atoms with Crippen LogP contribution in [-0.4, -0.2) is 5.97 Å². The van der Waals surface area contributed by atoms with Crippen LogP contribution in [0.2, 0.25) is 0 Å². The molecule has 0 aliphatic heterocycles. The SMILES string of the molecule is [CH2]CCC(=O)OC(c1ccccc1)c1ccccc1. The lowest BCUT2D eigenvalue weighted by molar-refractivity contribution is -0.147. The molecule has 2 aromatic carbocycles. The largest absolute Gasteiger partial charge is 0.453 e. The maximum Gasteiger partial charge on any atom is 0.306 e. The Labute approximate surface area is 114 Å². The monoisotopic (exact) mass is 253 g/mol. The van der Waals surface area contributed by atoms with Gasteiger partial charge in [-0.15, -0.1) is 0 Å². The molecule has 2 nitrogen and oxygen atoms in total. The van der Waals surface area contributed by atoms with Crippen LogP contribution in [0.4, 0.5) is 0 Å². The number of carbonyl (C=O) groups excluding carboxylic acids is 1. The first kappa shape index (κ1) is 13.3. The predicted octanol–water partition coefficient (Wildman–Crippen LogP) is 3.93. The van der Waals surface area contributed by atoms with Gasteiger partial charge in [0.15, 0.2) is 6.10 Å². The van der Waals surface area contributed by atoms with Gasteiger partial charge in [-0.05, 0) is 17.5 Å². The minimum atomic E-state index is -0.346. The molecule has 0 aliphatic carbocycles. The zero-order chi connectivity index (χ0) is 13.5. The van der Waals surface area contributed by atoms with E-state index >= 15 is 0 Å². The highest BCUT2D eigenvalue weighted by atomic mass is 16.5. The van der Waals surface area contributed by atoms with E-state index in [1.165, 1.54) is 0 Å². The molecule has 0 amide bonds. The average molecular weight is 253 g/mol. The minimum absolute atomic E-state index is 0.215. The van der Waals surface area contributed by atoms with Crippen LogP contribution in [0.25, 0.3) is 0 Å². The summed E-state index contributed by atoms with van der Waals surface area (Å²) in [6, 6.07) is 19.5. The van der Waals surface area contributed by atoms with Crippen LogP contribution >= 0.6 is 0 Å². The van der Waals surface area contributed by atoms with E-state index in [-0.39, 0.29) is 12.1 Å². The molecule has 2 heteroatoms. The quantitative estimate of drug-likeness (QED) is 0.754. The third kappa shape index (κ3) is 3.68. The molecule has 0 N–H and O–H groups in total. The Balaban J connectivity index is 2.26. The summed E-state index contributed by atoms with van der Waals surface area (Å²) in [7, 11) is 0. The van der Waals surface area contributed by atoms with Gasteiger partial charge in [-0.1, -0.05) is 67.6 Å². The summed E-state index contributed by atoms with van der Waals surface area (Å²) in [5.74, 6) is -0.215. The highest BCUT2D eigenvalue weighted by Gasteiger charge is 2.17. The fourth-order valence-electron chi connectivity index (χ4n) is 1.92. The van der Waals surface area contributed by atoms with Gasteiger partial charge in [-0.3, -0.25) is 4.79 Å². The number of esters is 1. The fraction of sp³-hybridized carbons (Fsp3) is 0.176. The summed E-state index contributed by atoms with van der Waals surface area (Å²) in [4.78, 5) is 11.7. The molecule has 0 heterocycles. The second-order valence-electron chi connectivity index (χ2n) is 4.29. The molecule has 2 rings (SSSR count). The van der Waals surface area contributed by atoms with Gasteiger partial charge in [0.25, 0.3) is 0 Å². The standard InChI is InChI=1S/C17H17O2/c1-2-9-16(18)19-17(14-10-5-3-6-11-14)15-12-7-4-8-13-15/h3-8,10-13,17H,1-2,9H2. The van der Waals surface area contributed by atoms with E-state index in [0.717, 1.165) is 11.1 Å². The summed E-state index contributed by atoms with van der Waals surface area (Å²) in [6.07, 6.45) is 0.548. The van der Waals surface area contributed by atoms with E-state index in [9.17, 15) is 4.79 Å². The van der Waals surface area contributed by atoms with Crippen LogP contribution < -0.4 is 0 Å². The predicted molar refractivity (Wildman–Crippen MR) is 75.4 cm³/mol. The number of ether oxygens (including phenoxy) is 1. The van der Waals surface area contributed by atoms with Crippen molar-refractivity contribution in [1.82, 2.24) is 0 Å². The molecule has 97 valence electrons. The number of benzene rings is 2. The van der Waals surface area contributed by atoms with Crippen LogP contribution in [-0.2, 0) is 9.53 Å². The van der Waals surface area contributed by atoms with Gasteiger partial charge in [-0.2, -0.15) is 0 Å². The van der Waals surface area contributed by atoms with Crippen molar-refractivity contribution in [1.29, 1.82) is 0 Å². The number of rotatable bonds is 5. The maximum atomic E-state index is 11.7. The third-order valence-electron chi connectivity index (χ3n) is 2.83. The van der Waals surface area contributed by atoms with Crippen LogP contribution in [0.1, 0.15) is 30.1 Å². The fourth-order valence-corrected chi connectivity index (χ4v) is 1.92. The van der Waals surface area contributed by atoms with Gasteiger partial charge >= 0.3 is 5.97 Å². The van der Waals surface area contributed by atoms with Crippen LogP contribution in [0, 0.1) is 6.92 Å². The maximum absolute atomic E-state index is 11.7. The van der Waals surface area contributed by atoms with Crippen LogP contribution in [0.5, 0.6) is 0 Å². The number of hydrogen-bond donors (Lipinski definition) is 0. The van der Waals surface area contributed by atoms with Crippen molar-refractivity contribution in [2.75, 3.05) is 0 Å². The van der Waals surface area contributed by atoms with E-state index in [4.69, 9.17) is 4.74 Å². The van der Waals surface area contributed by atoms with Crippen molar-refractivity contribution < 1.29 is 9.53 Å². The Kier molecular flexibility index (Phi) is 4.73. The molecule has 0 saturated carbocycles. The lowest BCUT2D eigenvalue weighted by Gasteiger charge is -2.18. The molecule has 0 saturated heterocycles. The van der Waals surface area contributed by atoms with Gasteiger partial charge in [0.05, 0.1) is 0 Å². The molecular weight excluding hydrogens is 236 g/mol. The van der Waals surface area contributed by atoms with E-state index in [2.05, 4.69) is 6.92 Å². The Bertz CT molecular complexity index is 466. The molecule has 2 aromatic rings. The van der Waals surface area contributed by atoms with E-state index in [1.807, 2.05) is 60.7 Å². The second-order valence-corrected chi connectivity index (χ2v) is 4.29. The molecule has 0 unspecified atom stereocenters. The first-order chi connectivity index (χ1) is 9.31. The molecular formula is C17H17O2. The van der Waals surface area contributed by atoms with Gasteiger partial charge < -0.3 is 4.74 Å². The molecule has 0 spiro atoms. The van der Waals surface area contributed by atoms with Crippen molar-refractivity contribution in [3.8, 4) is 0 Å². The molecule has 0 aliphatic rings. The zero-order valence-electron chi connectivity index (χ0n) is 10.8. The number of carbonyl (C=O) groups is 1. The lowest BCUT2D eigenvalue weighted by Crippen LogP contribution is -2.12. The van der Waals surface area contributed by atoms with Crippen LogP contribution in [0.15, 0.2) is 60.7 Å². The Morgan fingerprint density at radius 3 is 1.84 bits per heavy atom. The van der Waals surface area contributed by atoms with Crippen molar-refractivity contribution in [3.05, 3.63) is 78.7 Å². The Morgan fingerprint density at radius 1 is 0.947 bits per heavy atom. The van der Waals surface area contributed by atoms with E-state index in [0.29, 0.717) is 12.8 Å². The highest BCUT2D eigenvalue weighted by molar-refractivity contribution is 5.70. The summed E-state index contributed by atoms with van der Waals surface area (Å²) < 4.78 is 5.58. The van der Waals surface area contributed by atoms with E-state index < -0.39 is 0 Å². The summed E-state index contributed by atoms with van der Waals surface area (Å²) in [5.41, 5.74) is 1.96. The zero-order valence-corrected chi connectivity index (χ0v) is 10.8. The first-order valence-electron chi connectivity index (χ1n) is 6.40. The number of hydrogen-bond acceptors (Lipinski definition) is 2. The minimum Gasteiger partial charge on any atom is -0.453 e. The van der Waals surface area contributed by atoms with Gasteiger partial charge in [0.1, 0.15) is 0 Å². The molecule has 19 heavy (non-hydrogen) atoms. The van der Waals surface area contributed by atoms with Crippen molar-refractivity contribution in [2.45, 2.75) is 18.9 Å². The molecule has 0 bridgehead atoms. The second kappa shape index (κ2) is 6.74. The van der Waals surface area contributed by atoms with Crippen molar-refractivity contribution in [2.24, 2.45) is 0 Å². The van der Waals surface area contributed by atoms with Gasteiger partial charge in [-0.25, -0.2) is 0 Å². The third-order valence-corrected chi connectivity index (χ3v) is 2.83. The Morgan fingerprint density at radius 2 is 1.42 bits per heavy atom. The smallest absolute Gasteiger partial charge is 0.306 e. The van der Waals surface area contributed by atoms with Gasteiger partial charge in [0.2, 0.25) is 0 Å². The van der Waals surface area contributed by atoms with Crippen molar-refractivity contribution >= 4 is 5.97 Å². The summed E-state index contributed by atoms with van der Waals surface area (Å²) in [5, 5.41) is 0. The average Bonchev–Trinajstić information content (AvgIpc) is 2.47. The van der Waals surface area contributed by atoms with Crippen molar-refractivity contribution in [3.63, 3.8) is 0 Å². The van der Waals surface area contributed by atoms with Gasteiger partial charge in [0, 0.05) is 6.42 Å². The van der Waals surface area contributed by atoms with Crippen LogP contribution in [0.3, 0.4) is 0 Å². The van der Waals surface area contributed by atoms with E-state index in [1.54, 1.807) is 0 Å². The molecule has 0 atom stereocenters. The normalized spacial score (nSPS) is 10.4. The molecule has 0 fully saturated rings. The summed E-state index contributed by atoms with van der Waals surface area (Å²) >= 11 is 0. The lowest BCUT2D eigenvalue weighted by atomic mass is 10.0.